The zero-order chi connectivity index (χ0) is 15.6. The fraction of sp³-hybridized carbons (Fsp3) is 1.00. The first-order valence-corrected chi connectivity index (χ1v) is 11.9. The average molecular weight is 363 g/mol. The standard InChI is InChI=1S/C10H26O6S2Si2/c1-11-19(12-2,13-3)10(8-7-9-17)18-20(14-4,15-5)16-6/h10,17H,7-9H2,1-6H3. The first kappa shape index (κ1) is 20.9. The lowest BCUT2D eigenvalue weighted by molar-refractivity contribution is 0.119. The summed E-state index contributed by atoms with van der Waals surface area (Å²) in [5, 5.41) is 0. The van der Waals surface area contributed by atoms with Gasteiger partial charge in [0.1, 0.15) is 0 Å². The maximum atomic E-state index is 5.58. The Morgan fingerprint density at radius 1 is 0.850 bits per heavy atom. The van der Waals surface area contributed by atoms with Crippen molar-refractivity contribution >= 4 is 40.6 Å². The van der Waals surface area contributed by atoms with Crippen molar-refractivity contribution < 1.29 is 26.6 Å². The zero-order valence-electron chi connectivity index (χ0n) is 13.0. The van der Waals surface area contributed by atoms with Gasteiger partial charge in [-0.15, -0.1) is 0 Å². The highest BCUT2D eigenvalue weighted by atomic mass is 32.4. The topological polar surface area (TPSA) is 55.4 Å². The van der Waals surface area contributed by atoms with Crippen LogP contribution in [0.4, 0.5) is 0 Å². The maximum Gasteiger partial charge on any atom is 0.572 e. The second-order valence-corrected chi connectivity index (χ2v) is 13.0. The summed E-state index contributed by atoms with van der Waals surface area (Å²) in [6.45, 7) is 0. The van der Waals surface area contributed by atoms with Crippen molar-refractivity contribution in [2.75, 3.05) is 48.4 Å². The quantitative estimate of drug-likeness (QED) is 0.418. The molecule has 1 unspecified atom stereocenters. The van der Waals surface area contributed by atoms with Crippen molar-refractivity contribution in [1.82, 2.24) is 0 Å². The van der Waals surface area contributed by atoms with Gasteiger partial charge in [0.2, 0.25) is 0 Å². The van der Waals surface area contributed by atoms with Gasteiger partial charge in [-0.2, -0.15) is 12.6 Å². The van der Waals surface area contributed by atoms with E-state index in [4.69, 9.17) is 26.6 Å². The van der Waals surface area contributed by atoms with Crippen molar-refractivity contribution in [3.05, 3.63) is 0 Å². The fourth-order valence-electron chi connectivity index (χ4n) is 1.80. The van der Waals surface area contributed by atoms with Crippen LogP contribution in [0.2, 0.25) is 0 Å². The highest BCUT2D eigenvalue weighted by molar-refractivity contribution is 8.27. The third-order valence-electron chi connectivity index (χ3n) is 2.91. The van der Waals surface area contributed by atoms with E-state index in [2.05, 4.69) is 12.6 Å². The number of rotatable bonds is 12. The highest BCUT2D eigenvalue weighted by Gasteiger charge is 2.54. The molecule has 0 heterocycles. The van der Waals surface area contributed by atoms with Crippen LogP contribution in [0.1, 0.15) is 12.8 Å². The van der Waals surface area contributed by atoms with Crippen LogP contribution in [0, 0.1) is 0 Å². The summed E-state index contributed by atoms with van der Waals surface area (Å²) >= 11 is 5.74. The van der Waals surface area contributed by atoms with Crippen LogP contribution in [0.25, 0.3) is 0 Å². The lowest BCUT2D eigenvalue weighted by Gasteiger charge is -2.35. The molecule has 20 heavy (non-hydrogen) atoms. The Labute approximate surface area is 133 Å². The van der Waals surface area contributed by atoms with E-state index >= 15 is 0 Å². The first-order chi connectivity index (χ1) is 9.53. The molecule has 0 amide bonds. The lowest BCUT2D eigenvalue weighted by Crippen LogP contribution is -2.56. The lowest BCUT2D eigenvalue weighted by atomic mass is 10.4. The van der Waals surface area contributed by atoms with Crippen molar-refractivity contribution in [3.63, 3.8) is 0 Å². The molecule has 0 fully saturated rings. The van der Waals surface area contributed by atoms with Crippen LogP contribution < -0.4 is 0 Å². The van der Waals surface area contributed by atoms with Gasteiger partial charge < -0.3 is 26.6 Å². The predicted molar refractivity (Wildman–Crippen MR) is 88.0 cm³/mol. The minimum atomic E-state index is -2.82. The van der Waals surface area contributed by atoms with Gasteiger partial charge in [-0.3, -0.25) is 0 Å². The van der Waals surface area contributed by atoms with E-state index in [0.29, 0.717) is 0 Å². The van der Waals surface area contributed by atoms with Gasteiger partial charge in [-0.25, -0.2) is 0 Å². The van der Waals surface area contributed by atoms with Crippen molar-refractivity contribution in [3.8, 4) is 0 Å². The minimum absolute atomic E-state index is 0.0406. The Kier molecular flexibility index (Phi) is 11.1. The summed E-state index contributed by atoms with van der Waals surface area (Å²) < 4.78 is 33.1. The zero-order valence-corrected chi connectivity index (χ0v) is 16.7. The van der Waals surface area contributed by atoms with Gasteiger partial charge in [-0.05, 0) is 18.6 Å². The fourth-order valence-corrected chi connectivity index (χ4v) is 11.6. The third-order valence-corrected chi connectivity index (χ3v) is 13.5. The Bertz CT molecular complexity index is 237. The summed E-state index contributed by atoms with van der Waals surface area (Å²) in [5.41, 5.74) is 0. The van der Waals surface area contributed by atoms with E-state index in [0.717, 1.165) is 18.6 Å². The van der Waals surface area contributed by atoms with Crippen molar-refractivity contribution in [2.45, 2.75) is 17.7 Å². The molecular weight excluding hydrogens is 336 g/mol. The van der Waals surface area contributed by atoms with Crippen LogP contribution in [0.15, 0.2) is 0 Å². The molecule has 0 aliphatic carbocycles. The smallest absolute Gasteiger partial charge is 0.376 e. The van der Waals surface area contributed by atoms with Gasteiger partial charge in [0, 0.05) is 42.7 Å². The van der Waals surface area contributed by atoms with E-state index in [9.17, 15) is 0 Å². The van der Waals surface area contributed by atoms with E-state index in [1.54, 1.807) is 42.7 Å². The van der Waals surface area contributed by atoms with Crippen LogP contribution in [-0.4, -0.2) is 70.0 Å². The van der Waals surface area contributed by atoms with Crippen LogP contribution >= 0.6 is 23.8 Å². The molecule has 0 radical (unpaired) electrons. The molecular formula is C10H26O6S2Si2. The Balaban J connectivity index is 5.22. The van der Waals surface area contributed by atoms with E-state index in [-0.39, 0.29) is 4.87 Å². The summed E-state index contributed by atoms with van der Waals surface area (Å²) in [7, 11) is 3.92. The molecule has 0 spiro atoms. The second kappa shape index (κ2) is 10.6. The SMILES string of the molecule is CO[Si](OC)(OC)SC(CCCS)[Si](OC)(OC)OC. The molecule has 122 valence electrons. The largest absolute Gasteiger partial charge is 0.572 e. The van der Waals surface area contributed by atoms with E-state index in [1.165, 1.54) is 11.2 Å². The molecule has 0 saturated heterocycles. The van der Waals surface area contributed by atoms with Crippen LogP contribution in [-0.2, 0) is 26.6 Å². The third kappa shape index (κ3) is 5.27. The Hall–Kier alpha value is 0.894. The molecule has 0 aliphatic heterocycles. The maximum absolute atomic E-state index is 5.58. The molecule has 0 aromatic carbocycles. The molecule has 0 aromatic rings. The molecule has 0 N–H and O–H groups in total. The van der Waals surface area contributed by atoms with Gasteiger partial charge >= 0.3 is 16.8 Å². The summed E-state index contributed by atoms with van der Waals surface area (Å²) in [6.07, 6.45) is 1.73. The molecule has 0 saturated carbocycles. The van der Waals surface area contributed by atoms with Gasteiger partial charge in [0.05, 0.1) is 4.87 Å². The number of thiol groups is 1. The first-order valence-electron chi connectivity index (χ1n) is 6.13. The monoisotopic (exact) mass is 362 g/mol. The molecule has 0 aliphatic rings. The summed E-state index contributed by atoms with van der Waals surface area (Å²) in [6, 6.07) is 0. The Morgan fingerprint density at radius 2 is 1.30 bits per heavy atom. The van der Waals surface area contributed by atoms with Gasteiger partial charge in [0.15, 0.2) is 0 Å². The molecule has 0 aromatic heterocycles. The van der Waals surface area contributed by atoms with Gasteiger partial charge in [0.25, 0.3) is 0 Å². The molecule has 6 nitrogen and oxygen atoms in total. The Morgan fingerprint density at radius 3 is 1.60 bits per heavy atom. The molecule has 0 rings (SSSR count). The molecule has 1 atom stereocenters. The molecule has 0 bridgehead atoms. The summed E-state index contributed by atoms with van der Waals surface area (Å²) in [5.74, 6) is 0.778. The van der Waals surface area contributed by atoms with E-state index < -0.39 is 16.8 Å². The minimum Gasteiger partial charge on any atom is -0.376 e. The van der Waals surface area contributed by atoms with Crippen LogP contribution in [0.5, 0.6) is 0 Å². The van der Waals surface area contributed by atoms with Crippen LogP contribution in [0.3, 0.4) is 0 Å². The molecule has 10 heteroatoms. The summed E-state index contributed by atoms with van der Waals surface area (Å²) in [4.78, 5) is -0.0406. The average Bonchev–Trinajstić information content (AvgIpc) is 2.51. The predicted octanol–water partition coefficient (Wildman–Crippen LogP) is 1.59. The number of hydrogen-bond acceptors (Lipinski definition) is 8. The second-order valence-electron chi connectivity index (χ2n) is 3.80. The normalized spacial score (nSPS) is 14.6. The van der Waals surface area contributed by atoms with Gasteiger partial charge in [-0.1, -0.05) is 11.2 Å². The van der Waals surface area contributed by atoms with Crippen molar-refractivity contribution in [1.29, 1.82) is 0 Å². The number of hydrogen-bond donors (Lipinski definition) is 1. The van der Waals surface area contributed by atoms with E-state index in [1.807, 2.05) is 0 Å². The highest BCUT2D eigenvalue weighted by Crippen LogP contribution is 2.36. The van der Waals surface area contributed by atoms with Crippen molar-refractivity contribution in [2.24, 2.45) is 0 Å².